The van der Waals surface area contributed by atoms with Gasteiger partial charge in [0.2, 0.25) is 0 Å². The van der Waals surface area contributed by atoms with E-state index in [9.17, 15) is 13.2 Å². The van der Waals surface area contributed by atoms with Crippen molar-refractivity contribution in [2.75, 3.05) is 0 Å². The molecule has 2 aromatic rings. The summed E-state index contributed by atoms with van der Waals surface area (Å²) in [5.74, 6) is 0. The summed E-state index contributed by atoms with van der Waals surface area (Å²) in [7, 11) is 0. The highest BCUT2D eigenvalue weighted by Gasteiger charge is 2.32. The molecule has 1 heterocycles. The lowest BCUT2D eigenvalue weighted by molar-refractivity contribution is -0.141. The van der Waals surface area contributed by atoms with Gasteiger partial charge in [0.25, 0.3) is 0 Å². The van der Waals surface area contributed by atoms with Crippen LogP contribution in [0.2, 0.25) is 0 Å². The number of pyridine rings is 1. The maximum absolute atomic E-state index is 12.4. The Bertz CT molecular complexity index is 477. The van der Waals surface area contributed by atoms with Crippen LogP contribution in [-0.2, 0) is 6.18 Å². The molecule has 16 heavy (non-hydrogen) atoms. The highest BCUT2D eigenvalue weighted by molar-refractivity contribution is 5.63. The van der Waals surface area contributed by atoms with Crippen LogP contribution in [0.25, 0.3) is 11.1 Å². The molecule has 0 N–H and O–H groups in total. The first-order chi connectivity index (χ1) is 7.57. The predicted octanol–water partition coefficient (Wildman–Crippen LogP) is 3.57. The number of alkyl halides is 3. The summed E-state index contributed by atoms with van der Waals surface area (Å²) in [4.78, 5) is 3.30. The Morgan fingerprint density at radius 2 is 1.69 bits per heavy atom. The van der Waals surface area contributed by atoms with Crippen molar-refractivity contribution in [1.29, 1.82) is 0 Å². The van der Waals surface area contributed by atoms with E-state index in [0.29, 0.717) is 11.1 Å². The Hall–Kier alpha value is -1.84. The second kappa shape index (κ2) is 3.96. The van der Waals surface area contributed by atoms with Gasteiger partial charge in [-0.3, -0.25) is 4.98 Å². The molecule has 1 nitrogen and oxygen atoms in total. The van der Waals surface area contributed by atoms with E-state index in [1.165, 1.54) is 0 Å². The van der Waals surface area contributed by atoms with E-state index in [1.807, 2.05) is 0 Å². The maximum Gasteiger partial charge on any atom is 0.433 e. The molecule has 0 bridgehead atoms. The minimum atomic E-state index is -4.41. The number of hydrogen-bond acceptors (Lipinski definition) is 1. The fraction of sp³-hybridized carbons (Fsp3) is 0.0833. The molecule has 0 aliphatic carbocycles. The monoisotopic (exact) mass is 222 g/mol. The average Bonchev–Trinajstić information content (AvgIpc) is 2.29. The van der Waals surface area contributed by atoms with Gasteiger partial charge in [-0.05, 0) is 29.3 Å². The summed E-state index contributed by atoms with van der Waals surface area (Å²) in [6, 6.07) is 12.1. The van der Waals surface area contributed by atoms with E-state index in [4.69, 9.17) is 0 Å². The average molecular weight is 222 g/mol. The third kappa shape index (κ3) is 2.21. The second-order valence-corrected chi connectivity index (χ2v) is 3.22. The molecule has 0 unspecified atom stereocenters. The molecule has 0 aliphatic heterocycles. The summed E-state index contributed by atoms with van der Waals surface area (Å²) < 4.78 is 37.2. The van der Waals surface area contributed by atoms with Crippen LogP contribution in [0.5, 0.6) is 0 Å². The molecule has 0 saturated heterocycles. The topological polar surface area (TPSA) is 12.9 Å². The third-order valence-electron chi connectivity index (χ3n) is 2.10. The van der Waals surface area contributed by atoms with Crippen molar-refractivity contribution in [3.8, 4) is 11.1 Å². The van der Waals surface area contributed by atoms with E-state index < -0.39 is 11.9 Å². The molecule has 0 fully saturated rings. The fourth-order valence-corrected chi connectivity index (χ4v) is 1.34. The molecular formula is C12H7F3N. The van der Waals surface area contributed by atoms with Crippen molar-refractivity contribution < 1.29 is 13.2 Å². The van der Waals surface area contributed by atoms with Crippen molar-refractivity contribution >= 4 is 0 Å². The predicted molar refractivity (Wildman–Crippen MR) is 53.5 cm³/mol. The lowest BCUT2D eigenvalue weighted by Gasteiger charge is -2.07. The van der Waals surface area contributed by atoms with E-state index in [2.05, 4.69) is 11.1 Å². The molecule has 1 aromatic carbocycles. The van der Waals surface area contributed by atoms with Gasteiger partial charge in [-0.15, -0.1) is 0 Å². The van der Waals surface area contributed by atoms with E-state index >= 15 is 0 Å². The van der Waals surface area contributed by atoms with Gasteiger partial charge in [0, 0.05) is 6.20 Å². The molecular weight excluding hydrogens is 215 g/mol. The molecule has 1 aromatic heterocycles. The molecule has 2 rings (SSSR count). The third-order valence-corrected chi connectivity index (χ3v) is 2.10. The van der Waals surface area contributed by atoms with Crippen molar-refractivity contribution in [3.63, 3.8) is 0 Å². The molecule has 81 valence electrons. The van der Waals surface area contributed by atoms with E-state index in [-0.39, 0.29) is 0 Å². The van der Waals surface area contributed by atoms with Gasteiger partial charge in [0.05, 0.1) is 0 Å². The summed E-state index contributed by atoms with van der Waals surface area (Å²) in [6.45, 7) is 0. The Morgan fingerprint density at radius 1 is 1.00 bits per heavy atom. The van der Waals surface area contributed by atoms with Crippen LogP contribution in [-0.4, -0.2) is 4.98 Å². The van der Waals surface area contributed by atoms with Crippen LogP contribution in [0.4, 0.5) is 13.2 Å². The number of nitrogens with zero attached hydrogens (tertiary/aromatic N) is 1. The molecule has 0 aliphatic rings. The van der Waals surface area contributed by atoms with E-state index in [1.54, 1.807) is 30.3 Å². The minimum Gasteiger partial charge on any atom is -0.252 e. The van der Waals surface area contributed by atoms with Gasteiger partial charge in [0.15, 0.2) is 0 Å². The van der Waals surface area contributed by atoms with Gasteiger partial charge in [-0.2, -0.15) is 13.2 Å². The zero-order valence-corrected chi connectivity index (χ0v) is 8.12. The molecule has 0 atom stereocenters. The molecule has 1 radical (unpaired) electrons. The Morgan fingerprint density at radius 3 is 2.31 bits per heavy atom. The highest BCUT2D eigenvalue weighted by atomic mass is 19.4. The van der Waals surface area contributed by atoms with Gasteiger partial charge in [0.1, 0.15) is 5.69 Å². The normalized spacial score (nSPS) is 11.4. The number of hydrogen-bond donors (Lipinski definition) is 0. The Kier molecular flexibility index (Phi) is 2.64. The van der Waals surface area contributed by atoms with Crippen LogP contribution in [0, 0.1) is 6.07 Å². The van der Waals surface area contributed by atoms with Gasteiger partial charge >= 0.3 is 6.18 Å². The van der Waals surface area contributed by atoms with Gasteiger partial charge in [-0.25, -0.2) is 0 Å². The second-order valence-electron chi connectivity index (χ2n) is 3.22. The Balaban J connectivity index is 2.45. The molecule has 0 spiro atoms. The summed E-state index contributed by atoms with van der Waals surface area (Å²) >= 11 is 0. The first kappa shape index (κ1) is 10.7. The number of halogens is 3. The van der Waals surface area contributed by atoms with Crippen LogP contribution >= 0.6 is 0 Å². The van der Waals surface area contributed by atoms with Crippen LogP contribution in [0.1, 0.15) is 5.69 Å². The largest absolute Gasteiger partial charge is 0.433 e. The van der Waals surface area contributed by atoms with Crippen LogP contribution < -0.4 is 0 Å². The Labute approximate surface area is 90.6 Å². The molecule has 0 saturated carbocycles. The van der Waals surface area contributed by atoms with E-state index in [0.717, 1.165) is 12.3 Å². The maximum atomic E-state index is 12.4. The quantitative estimate of drug-likeness (QED) is 0.718. The lowest BCUT2D eigenvalue weighted by Crippen LogP contribution is -2.07. The number of rotatable bonds is 1. The van der Waals surface area contributed by atoms with Crippen molar-refractivity contribution in [2.45, 2.75) is 6.18 Å². The van der Waals surface area contributed by atoms with Crippen molar-refractivity contribution in [3.05, 3.63) is 54.4 Å². The number of benzene rings is 1. The van der Waals surface area contributed by atoms with Crippen LogP contribution in [0.15, 0.2) is 42.6 Å². The smallest absolute Gasteiger partial charge is 0.252 e. The fourth-order valence-electron chi connectivity index (χ4n) is 1.34. The van der Waals surface area contributed by atoms with Crippen molar-refractivity contribution in [1.82, 2.24) is 4.98 Å². The first-order valence-corrected chi connectivity index (χ1v) is 4.57. The highest BCUT2D eigenvalue weighted by Crippen LogP contribution is 2.30. The van der Waals surface area contributed by atoms with Gasteiger partial charge in [-0.1, -0.05) is 24.3 Å². The summed E-state index contributed by atoms with van der Waals surface area (Å²) in [5.41, 5.74) is 0.334. The first-order valence-electron chi connectivity index (χ1n) is 4.57. The lowest BCUT2D eigenvalue weighted by atomic mass is 10.1. The summed E-state index contributed by atoms with van der Waals surface area (Å²) in [5, 5.41) is 0. The summed E-state index contributed by atoms with van der Waals surface area (Å²) in [6.07, 6.45) is -3.24. The minimum absolute atomic E-state index is 0.497. The standard InChI is InChI=1S/C12H7F3N/c13-12(14,15)11-8-10(6-7-16-11)9-4-2-1-3-5-9/h2-8H. The van der Waals surface area contributed by atoms with Crippen molar-refractivity contribution in [2.24, 2.45) is 0 Å². The SMILES string of the molecule is FC(F)(F)c1cc(-c2cc[c]cc2)ccn1. The number of aromatic nitrogens is 1. The van der Waals surface area contributed by atoms with Gasteiger partial charge < -0.3 is 0 Å². The zero-order valence-electron chi connectivity index (χ0n) is 8.12. The molecule has 4 heteroatoms. The zero-order chi connectivity index (χ0) is 11.6. The van der Waals surface area contributed by atoms with Crippen LogP contribution in [0.3, 0.4) is 0 Å². The molecule has 0 amide bonds.